The van der Waals surface area contributed by atoms with Gasteiger partial charge in [0.1, 0.15) is 23.8 Å². The van der Waals surface area contributed by atoms with Crippen molar-refractivity contribution < 1.29 is 41.1 Å². The molecule has 3 aliphatic heterocycles. The van der Waals surface area contributed by atoms with Gasteiger partial charge in [-0.3, -0.25) is 19.8 Å². The molecule has 1 amide bonds. The summed E-state index contributed by atoms with van der Waals surface area (Å²) in [4.78, 5) is 42.0. The maximum atomic E-state index is 14.1. The number of aliphatic hydroxyl groups is 1. The van der Waals surface area contributed by atoms with Crippen molar-refractivity contribution in [3.8, 4) is 17.4 Å². The second-order valence-electron chi connectivity index (χ2n) is 20.3. The van der Waals surface area contributed by atoms with Gasteiger partial charge in [-0.2, -0.15) is 13.4 Å². The molecule has 69 heavy (non-hydrogen) atoms. The topological polar surface area (TPSA) is 239 Å². The van der Waals surface area contributed by atoms with Crippen LogP contribution in [0.1, 0.15) is 106 Å². The average Bonchev–Trinajstić information content (AvgIpc) is 3.78. The standard InChI is InChI=1S/C49H58N8O10S2/c1-30(2)36-6-4-5-7-37(36)41-29-68(62,63)21-20-56(41)34-25-49(26-34)15-18-55(19-16-49)33-8-9-38(42(23-33)67-35-22-32-12-17-50-45(32)51-27-35)46(58)54-69(64,65)43-24-40(57(60)61)44-47(53-43)66-28-39(52-44)31-10-13-48(3,59)14-11-31/h4-9,12,17,22-24,27,30-31,34,39,41,52,59H,10-11,13-16,18-21,25-26,28-29H2,1-3H3,(H,50,51)(H,54,58)/t31?,39-,41-,48?/m1/s1. The van der Waals surface area contributed by atoms with E-state index in [0.717, 1.165) is 61.5 Å². The summed E-state index contributed by atoms with van der Waals surface area (Å²) in [5, 5.41) is 26.0. The molecule has 18 nitrogen and oxygen atoms in total. The van der Waals surface area contributed by atoms with Gasteiger partial charge in [0.25, 0.3) is 15.9 Å². The monoisotopic (exact) mass is 982 g/mol. The van der Waals surface area contributed by atoms with E-state index in [1.54, 1.807) is 31.3 Å². The Morgan fingerprint density at radius 2 is 1.80 bits per heavy atom. The van der Waals surface area contributed by atoms with E-state index in [9.17, 15) is 36.9 Å². The largest absolute Gasteiger partial charge is 0.474 e. The molecule has 6 heterocycles. The van der Waals surface area contributed by atoms with Crippen LogP contribution in [-0.2, 0) is 19.9 Å². The minimum atomic E-state index is -4.81. The van der Waals surface area contributed by atoms with Gasteiger partial charge in [0, 0.05) is 55.1 Å². The number of aromatic amines is 1. The van der Waals surface area contributed by atoms with Crippen molar-refractivity contribution in [2.45, 2.75) is 107 Å². The average molecular weight is 983 g/mol. The van der Waals surface area contributed by atoms with Crippen molar-refractivity contribution in [3.05, 3.63) is 99.9 Å². The Morgan fingerprint density at radius 3 is 2.54 bits per heavy atom. The minimum absolute atomic E-state index is 0.0459. The van der Waals surface area contributed by atoms with Crippen molar-refractivity contribution in [2.75, 3.05) is 48.0 Å². The van der Waals surface area contributed by atoms with Crippen LogP contribution in [0.4, 0.5) is 17.1 Å². The van der Waals surface area contributed by atoms with Crippen LogP contribution in [0.3, 0.4) is 0 Å². The van der Waals surface area contributed by atoms with E-state index >= 15 is 0 Å². The Labute approximate surface area is 401 Å². The number of aromatic nitrogens is 3. The molecule has 1 spiro atoms. The first-order valence-corrected chi connectivity index (χ1v) is 27.1. The van der Waals surface area contributed by atoms with Gasteiger partial charge < -0.3 is 29.8 Å². The van der Waals surface area contributed by atoms with E-state index in [1.165, 1.54) is 17.8 Å². The number of rotatable bonds is 11. The zero-order valence-electron chi connectivity index (χ0n) is 38.9. The van der Waals surface area contributed by atoms with Gasteiger partial charge >= 0.3 is 5.69 Å². The van der Waals surface area contributed by atoms with Crippen LogP contribution < -0.4 is 24.4 Å². The number of nitrogens with zero attached hydrogens (tertiary/aromatic N) is 5. The number of sulfonamides is 1. The second kappa shape index (κ2) is 17.8. The third-order valence-electron chi connectivity index (χ3n) is 15.3. The van der Waals surface area contributed by atoms with Gasteiger partial charge in [-0.15, -0.1) is 0 Å². The number of ether oxygens (including phenoxy) is 2. The maximum absolute atomic E-state index is 14.1. The lowest BCUT2D eigenvalue weighted by Crippen LogP contribution is -2.58. The minimum Gasteiger partial charge on any atom is -0.474 e. The molecule has 20 heteroatoms. The molecular weight excluding hydrogens is 925 g/mol. The molecule has 5 aromatic rings. The fourth-order valence-electron chi connectivity index (χ4n) is 11.3. The Balaban J connectivity index is 0.860. The van der Waals surface area contributed by atoms with Crippen molar-refractivity contribution in [2.24, 2.45) is 11.3 Å². The molecule has 0 unspecified atom stereocenters. The summed E-state index contributed by atoms with van der Waals surface area (Å²) < 4.78 is 68.1. The van der Waals surface area contributed by atoms with Crippen LogP contribution >= 0.6 is 0 Å². The third-order valence-corrected chi connectivity index (χ3v) is 18.1. The molecule has 3 aromatic heterocycles. The van der Waals surface area contributed by atoms with Crippen LogP contribution in [0, 0.1) is 21.4 Å². The second-order valence-corrected chi connectivity index (χ2v) is 24.2. The van der Waals surface area contributed by atoms with E-state index in [4.69, 9.17) is 9.47 Å². The van der Waals surface area contributed by atoms with Crippen LogP contribution in [0.2, 0.25) is 0 Å². The normalized spacial score (nSPS) is 24.8. The highest BCUT2D eigenvalue weighted by Gasteiger charge is 2.51. The summed E-state index contributed by atoms with van der Waals surface area (Å²) in [7, 11) is -7.98. The van der Waals surface area contributed by atoms with E-state index in [0.29, 0.717) is 43.6 Å². The Bertz CT molecular complexity index is 3030. The van der Waals surface area contributed by atoms with E-state index < -0.39 is 47.0 Å². The number of carbonyl (C=O) groups is 1. The van der Waals surface area contributed by atoms with Gasteiger partial charge in [0.15, 0.2) is 20.6 Å². The lowest BCUT2D eigenvalue weighted by atomic mass is 9.59. The van der Waals surface area contributed by atoms with Crippen molar-refractivity contribution in [1.29, 1.82) is 0 Å². The maximum Gasteiger partial charge on any atom is 0.300 e. The number of amides is 1. The molecule has 2 atom stereocenters. The fourth-order valence-corrected chi connectivity index (χ4v) is 13.8. The quantitative estimate of drug-likeness (QED) is 0.0754. The molecule has 4 fully saturated rings. The Morgan fingerprint density at radius 1 is 1.04 bits per heavy atom. The molecule has 0 bridgehead atoms. The summed E-state index contributed by atoms with van der Waals surface area (Å²) in [6.07, 6.45) is 9.53. The molecule has 4 N–H and O–H groups in total. The number of fused-ring (bicyclic) bond motifs is 2. The molecule has 2 aromatic carbocycles. The van der Waals surface area contributed by atoms with Crippen molar-refractivity contribution in [1.82, 2.24) is 24.6 Å². The van der Waals surface area contributed by atoms with Crippen LogP contribution in [0.15, 0.2) is 78.1 Å². The van der Waals surface area contributed by atoms with Gasteiger partial charge in [0.05, 0.1) is 45.9 Å². The van der Waals surface area contributed by atoms with E-state index in [2.05, 4.69) is 60.8 Å². The Hall–Kier alpha value is -5.83. The number of carbonyl (C=O) groups excluding carboxylic acids is 1. The van der Waals surface area contributed by atoms with E-state index in [-0.39, 0.29) is 76.4 Å². The van der Waals surface area contributed by atoms with Crippen LogP contribution in [0.5, 0.6) is 17.4 Å². The zero-order valence-corrected chi connectivity index (χ0v) is 40.5. The number of anilines is 2. The number of nitrogens with one attached hydrogen (secondary N) is 3. The number of pyridine rings is 2. The SMILES string of the molecule is CC(C)c1ccccc1[C@H]1CS(=O)(=O)CCN1C1CC2(CCN(c3ccc(C(=O)NS(=O)(=O)c4cc([N+](=O)[O-])c5c(n4)OC[C@H](C4CCC(C)(O)CC4)N5)c(Oc4cnc5[nH]ccc5c4)c3)CC2)C1. The highest BCUT2D eigenvalue weighted by molar-refractivity contribution is 7.91. The Kier molecular flexibility index (Phi) is 12.1. The van der Waals surface area contributed by atoms with Gasteiger partial charge in [-0.05, 0) is 111 Å². The van der Waals surface area contributed by atoms with Crippen LogP contribution in [-0.4, -0.2) is 108 Å². The summed E-state index contributed by atoms with van der Waals surface area (Å²) in [5.41, 5.74) is 2.32. The number of hydrogen-bond donors (Lipinski definition) is 4. The van der Waals surface area contributed by atoms with E-state index in [1.807, 2.05) is 18.2 Å². The lowest BCUT2D eigenvalue weighted by Gasteiger charge is -2.57. The number of nitro groups is 1. The molecule has 2 aliphatic carbocycles. The number of sulfone groups is 1. The zero-order chi connectivity index (χ0) is 48.5. The van der Waals surface area contributed by atoms with Crippen molar-refractivity contribution in [3.63, 3.8) is 0 Å². The molecule has 2 saturated heterocycles. The first kappa shape index (κ1) is 46.9. The summed E-state index contributed by atoms with van der Waals surface area (Å²) in [6, 6.07) is 17.4. The number of piperidine rings is 1. The third kappa shape index (κ3) is 9.47. The molecule has 2 saturated carbocycles. The highest BCUT2D eigenvalue weighted by atomic mass is 32.2. The van der Waals surface area contributed by atoms with Gasteiger partial charge in [0.2, 0.25) is 5.88 Å². The summed E-state index contributed by atoms with van der Waals surface area (Å²) in [6.45, 7) is 8.13. The molecule has 366 valence electrons. The van der Waals surface area contributed by atoms with Gasteiger partial charge in [-0.1, -0.05) is 38.1 Å². The smallest absolute Gasteiger partial charge is 0.300 e. The first-order chi connectivity index (χ1) is 32.8. The molecular formula is C49H58N8O10S2. The number of H-pyrrole nitrogens is 1. The van der Waals surface area contributed by atoms with Crippen LogP contribution in [0.25, 0.3) is 11.0 Å². The predicted molar refractivity (Wildman–Crippen MR) is 259 cm³/mol. The highest BCUT2D eigenvalue weighted by Crippen LogP contribution is 2.54. The first-order valence-electron chi connectivity index (χ1n) is 23.8. The lowest BCUT2D eigenvalue weighted by molar-refractivity contribution is -0.384. The number of benzene rings is 2. The molecule has 5 aliphatic rings. The van der Waals surface area contributed by atoms with Crippen molar-refractivity contribution >= 4 is 53.9 Å². The summed E-state index contributed by atoms with van der Waals surface area (Å²) >= 11 is 0. The molecule has 10 rings (SSSR count). The fraction of sp³-hybridized carbons (Fsp3) is 0.490. The molecule has 0 radical (unpaired) electrons. The predicted octanol–water partition coefficient (Wildman–Crippen LogP) is 7.24. The summed E-state index contributed by atoms with van der Waals surface area (Å²) in [5.74, 6) is -0.306. The number of hydrogen-bond acceptors (Lipinski definition) is 15. The van der Waals surface area contributed by atoms with Gasteiger partial charge in [-0.25, -0.2) is 18.1 Å².